The Balaban J connectivity index is 0.000000194. The molecular weight excluding hydrogens is 1820 g/mol. The third-order valence-corrected chi connectivity index (χ3v) is 21.7. The molecule has 0 radical (unpaired) electrons. The van der Waals surface area contributed by atoms with Crippen molar-refractivity contribution < 1.29 is 85.0 Å². The number of nitrogens with zero attached hydrogens (tertiary/aromatic N) is 20. The van der Waals surface area contributed by atoms with Crippen LogP contribution in [0.25, 0.3) is 45.6 Å². The third kappa shape index (κ3) is 27.2. The van der Waals surface area contributed by atoms with Gasteiger partial charge in [-0.25, -0.2) is 96.5 Å². The molecule has 12 rings (SSSR count). The van der Waals surface area contributed by atoms with Gasteiger partial charge in [0.1, 0.15) is 29.6 Å². The number of hydrogen-bond acceptors (Lipinski definition) is 31. The lowest BCUT2D eigenvalue weighted by atomic mass is 10.1. The molecule has 0 saturated carbocycles. The summed E-state index contributed by atoms with van der Waals surface area (Å²) >= 11 is 12.3. The number of benzene rings is 1. The van der Waals surface area contributed by atoms with E-state index in [9.17, 15) is 66.0 Å². The number of amides is 4. The van der Waals surface area contributed by atoms with Crippen molar-refractivity contribution in [3.05, 3.63) is 194 Å². The maximum absolute atomic E-state index is 13.2. The van der Waals surface area contributed by atoms with Gasteiger partial charge in [0.25, 0.3) is 0 Å². The summed E-state index contributed by atoms with van der Waals surface area (Å²) in [6.45, 7) is 16.8. The van der Waals surface area contributed by atoms with Crippen LogP contribution in [0.4, 0.5) is 78.4 Å². The minimum absolute atomic E-state index is 0.0650. The highest BCUT2D eigenvalue weighted by atomic mass is 35.5. The van der Waals surface area contributed by atoms with Crippen LogP contribution >= 0.6 is 23.2 Å². The Morgan fingerprint density at radius 3 is 1.14 bits per heavy atom. The van der Waals surface area contributed by atoms with Gasteiger partial charge in [0.2, 0.25) is 40.1 Å². The number of hydrogen-bond donors (Lipinski definition) is 7. The molecule has 4 amide bonds. The Morgan fingerprint density at radius 1 is 0.434 bits per heavy atom. The van der Waals surface area contributed by atoms with E-state index in [2.05, 4.69) is 112 Å². The number of carbonyl (C=O) groups excluding carboxylic acids is 4. The van der Waals surface area contributed by atoms with Gasteiger partial charge in [0, 0.05) is 87.3 Å². The molecule has 3 unspecified atom stereocenters. The SMILES string of the molecule is Cc1cnc(Cl)c(C(C)OC(=O)Nc2c(-c3ccc(NS(C)(=O)=O)c(C)n3)nnn2C)c1.Cc1cncc(C(C)OC(=O)Nc2c(-c3ccc(NS(C)(=O)=O)c(C)n3)nnn2C)c1.Cc1nc(-c2nnn(C)c2NC(=O)OC(C)c2cccnc2C(F)(F)F)ccc1NS(C)(=O)=O.Cc1nc(-c2nnn(C)c2NC(=O)O[C@H](C)c2ccccc2Cl)ccc1N(C)S(C)(=O)=O. The molecule has 43 nitrogen and oxygen atoms in total. The maximum Gasteiger partial charge on any atom is 0.433 e. The first-order valence-corrected chi connectivity index (χ1v) is 46.1. The maximum atomic E-state index is 13.2. The molecule has 0 spiro atoms. The van der Waals surface area contributed by atoms with Crippen LogP contribution in [0, 0.1) is 41.5 Å². The Hall–Kier alpha value is -13.7. The zero-order valence-electron chi connectivity index (χ0n) is 72.4. The van der Waals surface area contributed by atoms with E-state index in [0.29, 0.717) is 90.2 Å². The van der Waals surface area contributed by atoms with Crippen LogP contribution in [-0.4, -0.2) is 185 Å². The Bertz CT molecular complexity index is 6670. The first-order chi connectivity index (χ1) is 60.2. The molecule has 1 aromatic carbocycles. The van der Waals surface area contributed by atoms with Crippen molar-refractivity contribution in [3.63, 3.8) is 0 Å². The summed E-state index contributed by atoms with van der Waals surface area (Å²) in [6, 6.07) is 25.7. The van der Waals surface area contributed by atoms with Crippen molar-refractivity contribution in [1.29, 1.82) is 0 Å². The van der Waals surface area contributed by atoms with E-state index in [1.807, 2.05) is 19.9 Å². The van der Waals surface area contributed by atoms with Gasteiger partial charge in [-0.05, 0) is 153 Å². The predicted molar refractivity (Wildman–Crippen MR) is 472 cm³/mol. The van der Waals surface area contributed by atoms with Crippen molar-refractivity contribution in [2.45, 2.75) is 99.8 Å². The fourth-order valence-corrected chi connectivity index (χ4v) is 14.7. The number of rotatable bonds is 24. The zero-order valence-corrected chi connectivity index (χ0v) is 77.1. The highest BCUT2D eigenvalue weighted by molar-refractivity contribution is 7.92. The number of pyridine rings is 7. The molecule has 7 N–H and O–H groups in total. The highest BCUT2D eigenvalue weighted by Crippen LogP contribution is 2.37. The van der Waals surface area contributed by atoms with Crippen LogP contribution in [-0.2, 0) is 93.4 Å². The van der Waals surface area contributed by atoms with Crippen LogP contribution in [0.3, 0.4) is 0 Å². The molecule has 4 atom stereocenters. The molecule has 11 aromatic heterocycles. The number of alkyl halides is 3. The van der Waals surface area contributed by atoms with Crippen LogP contribution < -0.4 is 39.7 Å². The van der Waals surface area contributed by atoms with Crippen LogP contribution in [0.1, 0.15) is 114 Å². The molecule has 686 valence electrons. The minimum atomic E-state index is -4.72. The molecule has 0 saturated heterocycles. The number of nitrogens with one attached hydrogen (secondary N) is 7. The summed E-state index contributed by atoms with van der Waals surface area (Å²) in [5.41, 5.74) is 8.03. The normalized spacial score (nSPS) is 12.4. The molecule has 52 heteroatoms. The second-order valence-electron chi connectivity index (χ2n) is 28.6. The van der Waals surface area contributed by atoms with Crippen molar-refractivity contribution in [3.8, 4) is 45.6 Å². The van der Waals surface area contributed by atoms with Crippen LogP contribution in [0.2, 0.25) is 10.2 Å². The van der Waals surface area contributed by atoms with Gasteiger partial charge in [-0.15, -0.1) is 20.4 Å². The Labute approximate surface area is 748 Å². The van der Waals surface area contributed by atoms with Crippen molar-refractivity contribution in [1.82, 2.24) is 94.9 Å². The lowest BCUT2D eigenvalue weighted by Crippen LogP contribution is -2.25. The quantitative estimate of drug-likeness (QED) is 0.0218. The van der Waals surface area contributed by atoms with Gasteiger partial charge in [-0.2, -0.15) is 13.2 Å². The van der Waals surface area contributed by atoms with E-state index < -0.39 is 101 Å². The summed E-state index contributed by atoms with van der Waals surface area (Å²) in [5, 5.41) is 42.9. The second-order valence-corrected chi connectivity index (χ2v) is 36.6. The van der Waals surface area contributed by atoms with E-state index in [1.165, 1.54) is 64.0 Å². The number of ether oxygens (including phenoxy) is 4. The van der Waals surface area contributed by atoms with Gasteiger partial charge >= 0.3 is 30.5 Å². The zero-order chi connectivity index (χ0) is 95.3. The van der Waals surface area contributed by atoms with Crippen molar-refractivity contribution in [2.75, 3.05) is 71.8 Å². The molecule has 12 aromatic rings. The van der Waals surface area contributed by atoms with Gasteiger partial charge in [-0.3, -0.25) is 49.7 Å². The summed E-state index contributed by atoms with van der Waals surface area (Å²) < 4.78 is 167. The number of carbonyl (C=O) groups is 4. The third-order valence-electron chi connectivity index (χ3n) is 18.0. The number of anilines is 8. The fraction of sp³-hybridized carbons (Fsp3) is 0.312. The first-order valence-electron chi connectivity index (χ1n) is 37.8. The molecule has 11 heterocycles. The summed E-state index contributed by atoms with van der Waals surface area (Å²) in [4.78, 5) is 79.0. The topological polar surface area (TPSA) is 542 Å². The Kier molecular flexibility index (Phi) is 31.8. The largest absolute Gasteiger partial charge is 0.441 e. The average molecular weight is 1900 g/mol. The molecule has 0 fully saturated rings. The monoisotopic (exact) mass is 1900 g/mol. The minimum Gasteiger partial charge on any atom is -0.441 e. The molecule has 0 aliphatic carbocycles. The van der Waals surface area contributed by atoms with Crippen molar-refractivity contribution >= 4 is 134 Å². The Morgan fingerprint density at radius 2 is 0.783 bits per heavy atom. The average Bonchev–Trinajstić information content (AvgIpc) is 1.63. The number of aryl methyl sites for hydroxylation is 10. The lowest BCUT2D eigenvalue weighted by Gasteiger charge is -2.18. The summed E-state index contributed by atoms with van der Waals surface area (Å²) in [7, 11) is -6.07. The summed E-state index contributed by atoms with van der Waals surface area (Å²) in [5.74, 6) is 0.884. The molecular formula is C77H88Cl2F3N27O16S4. The molecule has 0 aliphatic rings. The fourth-order valence-electron chi connectivity index (χ4n) is 11.7. The number of sulfonamides is 4. The molecule has 0 bridgehead atoms. The van der Waals surface area contributed by atoms with E-state index >= 15 is 0 Å². The lowest BCUT2D eigenvalue weighted by molar-refractivity contribution is -0.142. The van der Waals surface area contributed by atoms with Crippen LogP contribution in [0.15, 0.2) is 122 Å². The van der Waals surface area contributed by atoms with Gasteiger partial charge in [0.05, 0.1) is 93.3 Å². The van der Waals surface area contributed by atoms with Gasteiger partial charge in [0.15, 0.2) is 51.7 Å². The van der Waals surface area contributed by atoms with E-state index in [-0.39, 0.29) is 51.1 Å². The standard InChI is InChI=1S/C20H23ClN6O4S.C19H22ClN7O4S.C19H20F3N7O4S.C19H23N7O4S/c1-12-17(27(4)32(5,29)30)11-10-16(22-12)18-19(26(3)25-24-18)23-20(28)31-13(2)14-8-6-7-9-15(14)21;1-10-8-13(17(20)21-9-10)12(3)31-19(28)23-18-16(24-26-27(18)4)15-7-6-14(11(2)22-15)25-32(5,29)30;1-10-13(27-34(4,31)32)7-8-14(24-10)15-17(29(3)28-26-15)25-18(30)33-11(2)12-6-5-9-23-16(12)19(20,21)22;1-11-8-14(10-20-9-11)13(3)30-19(27)22-18-17(23-25-26(18)4)16-7-6-15(12(2)21-16)24-31(5,28)29/h6-11,13H,1-5H3,(H,23,28);6-9,12,25H,1-5H3,(H,23,28);5-9,11,27H,1-4H3,(H,25,30);6-10,13,24H,1-5H3,(H,22,27)/t13-;;;/m1.../s1. The number of halogens is 5. The van der Waals surface area contributed by atoms with Gasteiger partial charge < -0.3 is 18.9 Å². The highest BCUT2D eigenvalue weighted by Gasteiger charge is 2.38. The van der Waals surface area contributed by atoms with Crippen LogP contribution in [0.5, 0.6) is 0 Å². The molecule has 129 heavy (non-hydrogen) atoms. The van der Waals surface area contributed by atoms with E-state index in [4.69, 9.17) is 42.1 Å². The first kappa shape index (κ1) is 99.1. The van der Waals surface area contributed by atoms with E-state index in [0.717, 1.165) is 52.2 Å². The molecule has 0 aliphatic heterocycles. The predicted octanol–water partition coefficient (Wildman–Crippen LogP) is 12.6. The second kappa shape index (κ2) is 41.4. The number of aromatic nitrogens is 19. The smallest absolute Gasteiger partial charge is 0.433 e. The summed E-state index contributed by atoms with van der Waals surface area (Å²) in [6.07, 6.45) is -0.725. The van der Waals surface area contributed by atoms with Crippen molar-refractivity contribution in [2.24, 2.45) is 28.2 Å². The van der Waals surface area contributed by atoms with Gasteiger partial charge in [-0.1, -0.05) is 68.3 Å². The van der Waals surface area contributed by atoms with E-state index in [1.54, 1.807) is 155 Å².